The first-order valence-corrected chi connectivity index (χ1v) is 8.09. The molecule has 2 aromatic rings. The van der Waals surface area contributed by atoms with Crippen LogP contribution in [-0.2, 0) is 13.0 Å². The van der Waals surface area contributed by atoms with Gasteiger partial charge in [0.25, 0.3) is 5.91 Å². The van der Waals surface area contributed by atoms with Gasteiger partial charge in [-0.05, 0) is 62.9 Å². The zero-order valence-electron chi connectivity index (χ0n) is 14.5. The van der Waals surface area contributed by atoms with E-state index in [1.165, 1.54) is 17.7 Å². The number of rotatable bonds is 5. The first kappa shape index (κ1) is 17.3. The molecule has 0 aliphatic carbocycles. The molecule has 0 fully saturated rings. The van der Waals surface area contributed by atoms with Crippen molar-refractivity contribution in [3.63, 3.8) is 0 Å². The number of carbonyl (C=O) groups excluding carboxylic acids is 1. The third-order valence-electron chi connectivity index (χ3n) is 4.14. The average Bonchev–Trinajstić information content (AvgIpc) is 2.69. The second kappa shape index (κ2) is 6.99. The fraction of sp³-hybridized carbons (Fsp3) is 0.421. The maximum atomic E-state index is 13.5. The highest BCUT2D eigenvalue weighted by atomic mass is 19.1. The quantitative estimate of drug-likeness (QED) is 0.889. The Morgan fingerprint density at radius 2 is 2.00 bits per heavy atom. The van der Waals surface area contributed by atoms with Gasteiger partial charge in [0.15, 0.2) is 0 Å². The Morgan fingerprint density at radius 1 is 1.30 bits per heavy atom. The molecule has 0 bridgehead atoms. The van der Waals surface area contributed by atoms with Gasteiger partial charge in [0.2, 0.25) is 0 Å². The van der Waals surface area contributed by atoms with Crippen molar-refractivity contribution in [2.24, 2.45) is 0 Å². The zero-order valence-corrected chi connectivity index (χ0v) is 14.5. The molecule has 1 N–H and O–H groups in total. The van der Waals surface area contributed by atoms with Gasteiger partial charge in [-0.1, -0.05) is 19.1 Å². The number of aromatic nitrogens is 1. The van der Waals surface area contributed by atoms with Crippen molar-refractivity contribution in [2.75, 3.05) is 0 Å². The second-order valence-corrected chi connectivity index (χ2v) is 6.24. The van der Waals surface area contributed by atoms with E-state index >= 15 is 0 Å². The van der Waals surface area contributed by atoms with Crippen LogP contribution < -0.4 is 5.32 Å². The normalized spacial score (nSPS) is 11.1. The molecule has 0 saturated heterocycles. The lowest BCUT2D eigenvalue weighted by Gasteiger charge is -2.14. The van der Waals surface area contributed by atoms with Crippen LogP contribution in [0.5, 0.6) is 0 Å². The summed E-state index contributed by atoms with van der Waals surface area (Å²) >= 11 is 0. The number of halogens is 1. The minimum atomic E-state index is -0.257. The van der Waals surface area contributed by atoms with Crippen LogP contribution in [0.25, 0.3) is 0 Å². The molecule has 0 atom stereocenters. The number of carbonyl (C=O) groups is 1. The Hall–Kier alpha value is -2.10. The zero-order chi connectivity index (χ0) is 17.1. The summed E-state index contributed by atoms with van der Waals surface area (Å²) in [4.78, 5) is 12.6. The van der Waals surface area contributed by atoms with Gasteiger partial charge >= 0.3 is 0 Å². The van der Waals surface area contributed by atoms with E-state index in [-0.39, 0.29) is 17.8 Å². The van der Waals surface area contributed by atoms with Crippen LogP contribution in [0.4, 0.5) is 4.39 Å². The van der Waals surface area contributed by atoms with Crippen LogP contribution in [0.2, 0.25) is 0 Å². The van der Waals surface area contributed by atoms with E-state index in [0.29, 0.717) is 12.2 Å². The highest BCUT2D eigenvalue weighted by Gasteiger charge is 2.22. The summed E-state index contributed by atoms with van der Waals surface area (Å²) in [5.74, 6) is -0.329. The van der Waals surface area contributed by atoms with Gasteiger partial charge < -0.3 is 9.88 Å². The Balaban J connectivity index is 2.50. The Bertz CT molecular complexity index is 716. The van der Waals surface area contributed by atoms with Crippen molar-refractivity contribution in [1.29, 1.82) is 0 Å². The molecule has 0 aliphatic rings. The molecule has 1 aromatic carbocycles. The molecule has 4 heteroatoms. The third-order valence-corrected chi connectivity index (χ3v) is 4.14. The average molecular weight is 316 g/mol. The highest BCUT2D eigenvalue weighted by Crippen LogP contribution is 2.24. The molecule has 3 nitrogen and oxygen atoms in total. The van der Waals surface area contributed by atoms with Crippen molar-refractivity contribution in [3.05, 3.63) is 58.2 Å². The van der Waals surface area contributed by atoms with Gasteiger partial charge in [-0.25, -0.2) is 4.39 Å². The molecule has 2 rings (SSSR count). The topological polar surface area (TPSA) is 34.0 Å². The van der Waals surface area contributed by atoms with Crippen molar-refractivity contribution in [3.8, 4) is 0 Å². The van der Waals surface area contributed by atoms with Crippen LogP contribution in [-0.4, -0.2) is 16.5 Å². The highest BCUT2D eigenvalue weighted by molar-refractivity contribution is 5.95. The van der Waals surface area contributed by atoms with Gasteiger partial charge in [-0.15, -0.1) is 0 Å². The molecule has 0 radical (unpaired) electrons. The predicted octanol–water partition coefficient (Wildman–Crippen LogP) is 3.99. The van der Waals surface area contributed by atoms with Gasteiger partial charge in [-0.2, -0.15) is 0 Å². The smallest absolute Gasteiger partial charge is 0.268 e. The fourth-order valence-electron chi connectivity index (χ4n) is 3.11. The largest absolute Gasteiger partial charge is 0.349 e. The number of nitrogens with zero attached hydrogens (tertiary/aromatic N) is 1. The maximum Gasteiger partial charge on any atom is 0.268 e. The molecule has 0 aliphatic heterocycles. The number of hydrogen-bond acceptors (Lipinski definition) is 1. The first-order chi connectivity index (χ1) is 10.8. The van der Waals surface area contributed by atoms with Gasteiger partial charge in [-0.3, -0.25) is 4.79 Å². The lowest BCUT2D eigenvalue weighted by Crippen LogP contribution is -2.32. The molecule has 1 amide bonds. The summed E-state index contributed by atoms with van der Waals surface area (Å²) < 4.78 is 15.5. The first-order valence-electron chi connectivity index (χ1n) is 8.09. The molecular formula is C19H25FN2O. The Labute approximate surface area is 137 Å². The SMILES string of the molecule is CCc1c(C)c(C(=O)NC(C)C)n(Cc2cccc(F)c2)c1C. The van der Waals surface area contributed by atoms with E-state index < -0.39 is 0 Å². The van der Waals surface area contributed by atoms with Gasteiger partial charge in [0.05, 0.1) is 0 Å². The number of benzene rings is 1. The molecule has 1 aromatic heterocycles. The predicted molar refractivity (Wildman–Crippen MR) is 91.4 cm³/mol. The summed E-state index contributed by atoms with van der Waals surface area (Å²) in [5, 5.41) is 2.97. The summed E-state index contributed by atoms with van der Waals surface area (Å²) in [6, 6.07) is 6.61. The van der Waals surface area contributed by atoms with Crippen LogP contribution in [0.3, 0.4) is 0 Å². The molecule has 0 unspecified atom stereocenters. The van der Waals surface area contributed by atoms with Crippen molar-refractivity contribution in [2.45, 2.75) is 53.6 Å². The standard InChI is InChI=1S/C19H25FN2O/c1-6-17-13(4)18(19(23)21-12(2)3)22(14(17)5)11-15-8-7-9-16(20)10-15/h7-10,12H,6,11H2,1-5H3,(H,21,23). The minimum absolute atomic E-state index is 0.0725. The molecule has 1 heterocycles. The lowest BCUT2D eigenvalue weighted by atomic mass is 10.1. The summed E-state index contributed by atoms with van der Waals surface area (Å²) in [7, 11) is 0. The van der Waals surface area contributed by atoms with Gasteiger partial charge in [0, 0.05) is 18.3 Å². The van der Waals surface area contributed by atoms with E-state index in [9.17, 15) is 9.18 Å². The lowest BCUT2D eigenvalue weighted by molar-refractivity contribution is 0.0933. The molecule has 23 heavy (non-hydrogen) atoms. The van der Waals surface area contributed by atoms with E-state index in [2.05, 4.69) is 12.2 Å². The van der Waals surface area contributed by atoms with Gasteiger partial charge in [0.1, 0.15) is 11.5 Å². The summed E-state index contributed by atoms with van der Waals surface area (Å²) in [6.45, 7) is 10.5. The van der Waals surface area contributed by atoms with Crippen molar-refractivity contribution < 1.29 is 9.18 Å². The third kappa shape index (κ3) is 3.63. The maximum absolute atomic E-state index is 13.5. The van der Waals surface area contributed by atoms with Crippen LogP contribution >= 0.6 is 0 Å². The molecule has 124 valence electrons. The van der Waals surface area contributed by atoms with E-state index in [0.717, 1.165) is 23.2 Å². The van der Waals surface area contributed by atoms with Crippen molar-refractivity contribution in [1.82, 2.24) is 9.88 Å². The Kier molecular flexibility index (Phi) is 5.24. The molecule has 0 spiro atoms. The minimum Gasteiger partial charge on any atom is -0.349 e. The van der Waals surface area contributed by atoms with Crippen molar-refractivity contribution >= 4 is 5.91 Å². The number of nitrogens with one attached hydrogen (secondary N) is 1. The van der Waals surface area contributed by atoms with Crippen LogP contribution in [0, 0.1) is 19.7 Å². The summed E-state index contributed by atoms with van der Waals surface area (Å²) in [6.07, 6.45) is 0.871. The van der Waals surface area contributed by atoms with E-state index in [1.807, 2.05) is 38.3 Å². The number of hydrogen-bond donors (Lipinski definition) is 1. The van der Waals surface area contributed by atoms with Crippen LogP contribution in [0.1, 0.15) is 53.6 Å². The fourth-order valence-corrected chi connectivity index (χ4v) is 3.11. The van der Waals surface area contributed by atoms with E-state index in [4.69, 9.17) is 0 Å². The Morgan fingerprint density at radius 3 is 2.57 bits per heavy atom. The monoisotopic (exact) mass is 316 g/mol. The van der Waals surface area contributed by atoms with E-state index in [1.54, 1.807) is 6.07 Å². The molecule has 0 saturated carbocycles. The second-order valence-electron chi connectivity index (χ2n) is 6.24. The number of amides is 1. The summed E-state index contributed by atoms with van der Waals surface area (Å²) in [5.41, 5.74) is 4.81. The molecular weight excluding hydrogens is 291 g/mol. The van der Waals surface area contributed by atoms with Crippen LogP contribution in [0.15, 0.2) is 24.3 Å².